The van der Waals surface area contributed by atoms with Gasteiger partial charge in [-0.3, -0.25) is 14.4 Å². The summed E-state index contributed by atoms with van der Waals surface area (Å²) in [6.07, 6.45) is 44.1. The molecule has 0 atom stereocenters. The lowest BCUT2D eigenvalue weighted by Gasteiger charge is -2.22. The molecule has 0 aromatic heterocycles. The maximum atomic E-state index is 12.7. The number of carbonyl (C=O) groups excluding carboxylic acids is 3. The molecule has 0 unspecified atom stereocenters. The van der Waals surface area contributed by atoms with Crippen LogP contribution in [0.5, 0.6) is 0 Å². The van der Waals surface area contributed by atoms with E-state index in [0.717, 1.165) is 97.4 Å². The van der Waals surface area contributed by atoms with E-state index in [1.54, 1.807) is 0 Å². The molecule has 0 saturated carbocycles. The van der Waals surface area contributed by atoms with Crippen LogP contribution in [0.2, 0.25) is 0 Å². The van der Waals surface area contributed by atoms with E-state index in [2.05, 4.69) is 52.3 Å². The normalized spacial score (nSPS) is 11.4. The van der Waals surface area contributed by atoms with Gasteiger partial charge in [0.25, 0.3) is 0 Å². The predicted octanol–water partition coefficient (Wildman–Crippen LogP) is 11.9. The fourth-order valence-electron chi connectivity index (χ4n) is 8.03. The first-order valence-electron chi connectivity index (χ1n) is 27.0. The number of amides is 3. The molecule has 0 heterocycles. The van der Waals surface area contributed by atoms with Gasteiger partial charge in [0.2, 0.25) is 17.7 Å². The minimum absolute atomic E-state index is 0.137. The Morgan fingerprint density at radius 3 is 0.951 bits per heavy atom. The largest absolute Gasteiger partial charge is 0.356 e. The molecule has 0 bridgehead atoms. The van der Waals surface area contributed by atoms with Gasteiger partial charge in [0, 0.05) is 71.6 Å². The Morgan fingerprint density at radius 1 is 0.279 bits per heavy atom. The summed E-state index contributed by atoms with van der Waals surface area (Å²) < 4.78 is 0. The van der Waals surface area contributed by atoms with Crippen LogP contribution in [-0.4, -0.2) is 88.1 Å². The van der Waals surface area contributed by atoms with Crippen molar-refractivity contribution in [2.45, 2.75) is 252 Å². The van der Waals surface area contributed by atoms with E-state index in [9.17, 15) is 14.4 Å². The number of hydrogen-bond acceptors (Lipinski definition) is 6. The SMILES string of the molecule is CCCCCCCCCCCCNC(=O)CCNCCCCCN(CCNCCC(=O)NCCCCCCCCCCCC)CCC(=O)NCCCCCCCCCCCC. The number of unbranched alkanes of at least 4 members (excludes halogenated alkanes) is 29. The Kier molecular flexibility index (Phi) is 49.5. The van der Waals surface area contributed by atoms with Crippen molar-refractivity contribution in [3.63, 3.8) is 0 Å². The zero-order valence-electron chi connectivity index (χ0n) is 41.2. The zero-order valence-corrected chi connectivity index (χ0v) is 41.2. The molecule has 61 heavy (non-hydrogen) atoms. The number of rotatable bonds is 51. The summed E-state index contributed by atoms with van der Waals surface area (Å²) in [5, 5.41) is 16.3. The van der Waals surface area contributed by atoms with Crippen molar-refractivity contribution in [2.75, 3.05) is 65.4 Å². The van der Waals surface area contributed by atoms with Crippen LogP contribution in [0.1, 0.15) is 252 Å². The third-order valence-electron chi connectivity index (χ3n) is 12.2. The van der Waals surface area contributed by atoms with Crippen LogP contribution in [0.4, 0.5) is 0 Å². The molecule has 3 amide bonds. The average Bonchev–Trinajstić information content (AvgIpc) is 3.26. The van der Waals surface area contributed by atoms with Gasteiger partial charge in [0.1, 0.15) is 0 Å². The van der Waals surface area contributed by atoms with Gasteiger partial charge in [-0.15, -0.1) is 0 Å². The van der Waals surface area contributed by atoms with Crippen LogP contribution in [0, 0.1) is 0 Å². The van der Waals surface area contributed by atoms with Gasteiger partial charge in [-0.05, 0) is 45.2 Å². The molecule has 9 nitrogen and oxygen atoms in total. The highest BCUT2D eigenvalue weighted by Crippen LogP contribution is 2.12. The van der Waals surface area contributed by atoms with Crippen LogP contribution in [-0.2, 0) is 14.4 Å². The molecular weight excluding hydrogens is 757 g/mol. The molecular formula is C52H106N6O3. The molecule has 0 aromatic carbocycles. The predicted molar refractivity (Wildman–Crippen MR) is 264 cm³/mol. The smallest absolute Gasteiger partial charge is 0.221 e. The van der Waals surface area contributed by atoms with Gasteiger partial charge in [0.05, 0.1) is 0 Å². The quantitative estimate of drug-likeness (QED) is 0.0389. The maximum absolute atomic E-state index is 12.7. The van der Waals surface area contributed by atoms with Gasteiger partial charge >= 0.3 is 0 Å². The lowest BCUT2D eigenvalue weighted by Crippen LogP contribution is -2.37. The summed E-state index contributed by atoms with van der Waals surface area (Å²) in [5.41, 5.74) is 0. The van der Waals surface area contributed by atoms with Gasteiger partial charge in [0.15, 0.2) is 0 Å². The van der Waals surface area contributed by atoms with Crippen LogP contribution >= 0.6 is 0 Å². The van der Waals surface area contributed by atoms with Gasteiger partial charge in [-0.25, -0.2) is 0 Å². The van der Waals surface area contributed by atoms with E-state index in [1.165, 1.54) is 173 Å². The molecule has 362 valence electrons. The molecule has 9 heteroatoms. The first-order valence-corrected chi connectivity index (χ1v) is 27.0. The lowest BCUT2D eigenvalue weighted by molar-refractivity contribution is -0.122. The van der Waals surface area contributed by atoms with E-state index >= 15 is 0 Å². The zero-order chi connectivity index (χ0) is 44.4. The Labute approximate surface area is 379 Å². The molecule has 5 N–H and O–H groups in total. The van der Waals surface area contributed by atoms with Crippen molar-refractivity contribution < 1.29 is 14.4 Å². The summed E-state index contributed by atoms with van der Waals surface area (Å²) >= 11 is 0. The molecule has 0 aliphatic heterocycles. The molecule has 0 aliphatic rings. The number of hydrogen-bond donors (Lipinski definition) is 5. The average molecular weight is 863 g/mol. The number of nitrogens with one attached hydrogen (secondary N) is 5. The van der Waals surface area contributed by atoms with Crippen LogP contribution in [0.15, 0.2) is 0 Å². The molecule has 0 saturated heterocycles. The third-order valence-corrected chi connectivity index (χ3v) is 12.2. The second-order valence-corrected chi connectivity index (χ2v) is 18.2. The molecule has 0 radical (unpaired) electrons. The Bertz CT molecular complexity index is 922. The topological polar surface area (TPSA) is 115 Å². The van der Waals surface area contributed by atoms with Crippen molar-refractivity contribution in [3.05, 3.63) is 0 Å². The highest BCUT2D eigenvalue weighted by Gasteiger charge is 2.09. The summed E-state index contributed by atoms with van der Waals surface area (Å²) in [6.45, 7) is 14.9. The van der Waals surface area contributed by atoms with E-state index in [0.29, 0.717) is 25.8 Å². The number of nitrogens with zero attached hydrogens (tertiary/aromatic N) is 1. The van der Waals surface area contributed by atoms with Crippen molar-refractivity contribution in [1.82, 2.24) is 31.5 Å². The summed E-state index contributed by atoms with van der Waals surface area (Å²) in [4.78, 5) is 39.8. The summed E-state index contributed by atoms with van der Waals surface area (Å²) in [5.74, 6) is 0.452. The van der Waals surface area contributed by atoms with E-state index in [-0.39, 0.29) is 17.7 Å². The molecule has 0 aromatic rings. The molecule has 0 aliphatic carbocycles. The minimum atomic E-state index is 0.137. The van der Waals surface area contributed by atoms with E-state index in [4.69, 9.17) is 0 Å². The van der Waals surface area contributed by atoms with Crippen molar-refractivity contribution in [2.24, 2.45) is 0 Å². The lowest BCUT2D eigenvalue weighted by atomic mass is 10.1. The molecule has 0 spiro atoms. The fourth-order valence-corrected chi connectivity index (χ4v) is 8.03. The van der Waals surface area contributed by atoms with Crippen molar-refractivity contribution >= 4 is 17.7 Å². The number of carbonyl (C=O) groups is 3. The standard InChI is InChI=1S/C52H106N6O3/c1-4-7-10-13-16-19-22-25-28-33-41-55-50(59)37-44-53-40-32-31-36-47-58(48-39-52(61)57-43-35-30-27-24-21-18-15-12-9-6-3)49-46-54-45-38-51(60)56-42-34-29-26-23-20-17-14-11-8-5-2/h53-54H,4-49H2,1-3H3,(H,55,59)(H,56,60)(H,57,61). The van der Waals surface area contributed by atoms with Crippen LogP contribution in [0.25, 0.3) is 0 Å². The van der Waals surface area contributed by atoms with E-state index in [1.807, 2.05) is 0 Å². The first-order chi connectivity index (χ1) is 30.0. The van der Waals surface area contributed by atoms with Crippen molar-refractivity contribution in [1.29, 1.82) is 0 Å². The third kappa shape index (κ3) is 49.2. The van der Waals surface area contributed by atoms with Crippen LogP contribution < -0.4 is 26.6 Å². The summed E-state index contributed by atoms with van der Waals surface area (Å²) in [7, 11) is 0. The highest BCUT2D eigenvalue weighted by atomic mass is 16.2. The second-order valence-electron chi connectivity index (χ2n) is 18.2. The van der Waals surface area contributed by atoms with E-state index < -0.39 is 0 Å². The van der Waals surface area contributed by atoms with Crippen LogP contribution in [0.3, 0.4) is 0 Å². The van der Waals surface area contributed by atoms with Gasteiger partial charge in [-0.2, -0.15) is 0 Å². The highest BCUT2D eigenvalue weighted by molar-refractivity contribution is 5.76. The molecule has 0 fully saturated rings. The van der Waals surface area contributed by atoms with Crippen molar-refractivity contribution in [3.8, 4) is 0 Å². The monoisotopic (exact) mass is 863 g/mol. The maximum Gasteiger partial charge on any atom is 0.221 e. The van der Waals surface area contributed by atoms with Gasteiger partial charge < -0.3 is 31.5 Å². The fraction of sp³-hybridized carbons (Fsp3) is 0.942. The second kappa shape index (κ2) is 50.9. The Morgan fingerprint density at radius 2 is 0.574 bits per heavy atom. The molecule has 0 rings (SSSR count). The minimum Gasteiger partial charge on any atom is -0.356 e. The summed E-state index contributed by atoms with van der Waals surface area (Å²) in [6, 6.07) is 0. The Hall–Kier alpha value is -1.71. The van der Waals surface area contributed by atoms with Gasteiger partial charge in [-0.1, -0.05) is 201 Å². The Balaban J connectivity index is 4.20. The first kappa shape index (κ1) is 59.3.